The summed E-state index contributed by atoms with van der Waals surface area (Å²) in [6.45, 7) is 0. The SMILES string of the molecule is COc1c(Cl)ncnc1-c1ccnn1C. The second-order valence-electron chi connectivity index (χ2n) is 2.89. The van der Waals surface area contributed by atoms with Gasteiger partial charge in [-0.05, 0) is 6.07 Å². The van der Waals surface area contributed by atoms with Gasteiger partial charge in [-0.2, -0.15) is 5.10 Å². The van der Waals surface area contributed by atoms with E-state index in [1.54, 1.807) is 10.9 Å². The lowest BCUT2D eigenvalue weighted by molar-refractivity contribution is 0.412. The molecular weight excluding hydrogens is 216 g/mol. The first-order chi connectivity index (χ1) is 7.24. The Morgan fingerprint density at radius 3 is 2.80 bits per heavy atom. The van der Waals surface area contributed by atoms with Crippen molar-refractivity contribution < 1.29 is 4.74 Å². The minimum atomic E-state index is 0.295. The van der Waals surface area contributed by atoms with Crippen molar-refractivity contribution in [3.8, 4) is 17.1 Å². The van der Waals surface area contributed by atoms with E-state index >= 15 is 0 Å². The second kappa shape index (κ2) is 3.86. The predicted octanol–water partition coefficient (Wildman–Crippen LogP) is 1.54. The Hall–Kier alpha value is -1.62. The summed E-state index contributed by atoms with van der Waals surface area (Å²) >= 11 is 5.89. The molecule has 0 atom stereocenters. The number of ether oxygens (including phenoxy) is 1. The van der Waals surface area contributed by atoms with Gasteiger partial charge in [-0.3, -0.25) is 4.68 Å². The Balaban J connectivity index is 2.63. The molecule has 5 nitrogen and oxygen atoms in total. The topological polar surface area (TPSA) is 52.8 Å². The molecule has 2 rings (SSSR count). The van der Waals surface area contributed by atoms with E-state index in [0.717, 1.165) is 5.69 Å². The zero-order chi connectivity index (χ0) is 10.8. The summed E-state index contributed by atoms with van der Waals surface area (Å²) in [5.41, 5.74) is 1.47. The summed E-state index contributed by atoms with van der Waals surface area (Å²) in [5.74, 6) is 0.461. The zero-order valence-electron chi connectivity index (χ0n) is 8.31. The number of hydrogen-bond donors (Lipinski definition) is 0. The number of aromatic nitrogens is 4. The van der Waals surface area contributed by atoms with Gasteiger partial charge >= 0.3 is 0 Å². The predicted molar refractivity (Wildman–Crippen MR) is 55.8 cm³/mol. The summed E-state index contributed by atoms with van der Waals surface area (Å²) in [6, 6.07) is 1.83. The van der Waals surface area contributed by atoms with Crippen molar-refractivity contribution in [3.05, 3.63) is 23.7 Å². The third-order valence-electron chi connectivity index (χ3n) is 2.03. The van der Waals surface area contributed by atoms with Crippen molar-refractivity contribution >= 4 is 11.6 Å². The molecule has 0 spiro atoms. The van der Waals surface area contributed by atoms with Crippen LogP contribution in [-0.4, -0.2) is 26.9 Å². The Morgan fingerprint density at radius 1 is 1.40 bits per heavy atom. The third kappa shape index (κ3) is 1.66. The Labute approximate surface area is 91.7 Å². The Kier molecular flexibility index (Phi) is 2.55. The van der Waals surface area contributed by atoms with Crippen LogP contribution in [-0.2, 0) is 7.05 Å². The van der Waals surface area contributed by atoms with Gasteiger partial charge < -0.3 is 4.74 Å². The van der Waals surface area contributed by atoms with Crippen LogP contribution in [0.15, 0.2) is 18.6 Å². The van der Waals surface area contributed by atoms with Gasteiger partial charge in [-0.25, -0.2) is 9.97 Å². The monoisotopic (exact) mass is 224 g/mol. The molecule has 2 heterocycles. The molecule has 78 valence electrons. The number of aryl methyl sites for hydroxylation is 1. The van der Waals surface area contributed by atoms with Crippen molar-refractivity contribution in [1.82, 2.24) is 19.7 Å². The van der Waals surface area contributed by atoms with Crippen molar-refractivity contribution in [2.24, 2.45) is 7.05 Å². The lowest BCUT2D eigenvalue weighted by Crippen LogP contribution is -1.99. The summed E-state index contributed by atoms with van der Waals surface area (Å²) in [7, 11) is 3.36. The van der Waals surface area contributed by atoms with Gasteiger partial charge in [0.15, 0.2) is 10.9 Å². The second-order valence-corrected chi connectivity index (χ2v) is 3.24. The number of methoxy groups -OCH3 is 1. The van der Waals surface area contributed by atoms with E-state index in [9.17, 15) is 0 Å². The average molecular weight is 225 g/mol. The van der Waals surface area contributed by atoms with E-state index in [1.807, 2.05) is 13.1 Å². The zero-order valence-corrected chi connectivity index (χ0v) is 9.06. The van der Waals surface area contributed by atoms with E-state index in [4.69, 9.17) is 16.3 Å². The number of hydrogen-bond acceptors (Lipinski definition) is 4. The fraction of sp³-hybridized carbons (Fsp3) is 0.222. The molecule has 0 amide bonds. The normalized spacial score (nSPS) is 10.3. The van der Waals surface area contributed by atoms with Gasteiger partial charge in [0.25, 0.3) is 0 Å². The molecule has 0 aliphatic heterocycles. The molecule has 6 heteroatoms. The molecule has 0 unspecified atom stereocenters. The molecule has 15 heavy (non-hydrogen) atoms. The van der Waals surface area contributed by atoms with E-state index in [1.165, 1.54) is 13.4 Å². The van der Waals surface area contributed by atoms with Crippen LogP contribution in [0.4, 0.5) is 0 Å². The van der Waals surface area contributed by atoms with Gasteiger partial charge in [0.1, 0.15) is 12.0 Å². The first-order valence-corrected chi connectivity index (χ1v) is 4.64. The first kappa shape index (κ1) is 9.92. The highest BCUT2D eigenvalue weighted by Gasteiger charge is 2.14. The molecule has 0 radical (unpaired) electrons. The third-order valence-corrected chi connectivity index (χ3v) is 2.30. The molecular formula is C9H9ClN4O. The standard InChI is InChI=1S/C9H9ClN4O/c1-14-6(3-4-13-14)7-8(15-2)9(10)12-5-11-7/h3-5H,1-2H3. The summed E-state index contributed by atoms with van der Waals surface area (Å²) in [6.07, 6.45) is 3.08. The van der Waals surface area contributed by atoms with E-state index < -0.39 is 0 Å². The highest BCUT2D eigenvalue weighted by atomic mass is 35.5. The molecule has 0 aliphatic rings. The largest absolute Gasteiger partial charge is 0.491 e. The first-order valence-electron chi connectivity index (χ1n) is 4.27. The minimum absolute atomic E-state index is 0.295. The quantitative estimate of drug-likeness (QED) is 0.727. The maximum Gasteiger partial charge on any atom is 0.184 e. The molecule has 0 saturated carbocycles. The molecule has 2 aromatic rings. The van der Waals surface area contributed by atoms with Crippen molar-refractivity contribution in [3.63, 3.8) is 0 Å². The molecule has 2 aromatic heterocycles. The van der Waals surface area contributed by atoms with Crippen LogP contribution >= 0.6 is 11.6 Å². The number of halogens is 1. The van der Waals surface area contributed by atoms with E-state index in [-0.39, 0.29) is 0 Å². The van der Waals surface area contributed by atoms with Crippen molar-refractivity contribution in [1.29, 1.82) is 0 Å². The van der Waals surface area contributed by atoms with Gasteiger partial charge in [0, 0.05) is 13.2 Å². The van der Waals surface area contributed by atoms with Crippen LogP contribution in [0.5, 0.6) is 5.75 Å². The van der Waals surface area contributed by atoms with Gasteiger partial charge in [-0.1, -0.05) is 11.6 Å². The number of nitrogens with zero attached hydrogens (tertiary/aromatic N) is 4. The minimum Gasteiger partial charge on any atom is -0.491 e. The lowest BCUT2D eigenvalue weighted by atomic mass is 10.3. The average Bonchev–Trinajstić information content (AvgIpc) is 2.64. The van der Waals surface area contributed by atoms with Crippen LogP contribution < -0.4 is 4.74 Å². The van der Waals surface area contributed by atoms with E-state index in [0.29, 0.717) is 16.6 Å². The summed E-state index contributed by atoms with van der Waals surface area (Å²) < 4.78 is 6.85. The maximum absolute atomic E-state index is 5.89. The van der Waals surface area contributed by atoms with Crippen LogP contribution in [0.2, 0.25) is 5.15 Å². The summed E-state index contributed by atoms with van der Waals surface area (Å²) in [5, 5.41) is 4.35. The van der Waals surface area contributed by atoms with Gasteiger partial charge in [0.2, 0.25) is 0 Å². The molecule has 0 fully saturated rings. The fourth-order valence-electron chi connectivity index (χ4n) is 1.32. The molecule has 0 saturated heterocycles. The van der Waals surface area contributed by atoms with Crippen molar-refractivity contribution in [2.45, 2.75) is 0 Å². The Bertz CT molecular complexity index is 483. The van der Waals surface area contributed by atoms with Crippen LogP contribution in [0.3, 0.4) is 0 Å². The number of rotatable bonds is 2. The molecule has 0 aromatic carbocycles. The lowest BCUT2D eigenvalue weighted by Gasteiger charge is -2.07. The summed E-state index contributed by atoms with van der Waals surface area (Å²) in [4.78, 5) is 7.98. The Morgan fingerprint density at radius 2 is 2.20 bits per heavy atom. The van der Waals surface area contributed by atoms with E-state index in [2.05, 4.69) is 15.1 Å². The molecule has 0 bridgehead atoms. The van der Waals surface area contributed by atoms with Crippen molar-refractivity contribution in [2.75, 3.05) is 7.11 Å². The fourth-order valence-corrected chi connectivity index (χ4v) is 1.53. The van der Waals surface area contributed by atoms with Gasteiger partial charge in [-0.15, -0.1) is 0 Å². The highest BCUT2D eigenvalue weighted by Crippen LogP contribution is 2.31. The van der Waals surface area contributed by atoms with Crippen LogP contribution in [0, 0.1) is 0 Å². The van der Waals surface area contributed by atoms with Crippen LogP contribution in [0.1, 0.15) is 0 Å². The molecule has 0 aliphatic carbocycles. The molecule has 0 N–H and O–H groups in total. The van der Waals surface area contributed by atoms with Crippen LogP contribution in [0.25, 0.3) is 11.4 Å². The smallest absolute Gasteiger partial charge is 0.184 e. The van der Waals surface area contributed by atoms with Gasteiger partial charge in [0.05, 0.1) is 12.8 Å². The maximum atomic E-state index is 5.89. The highest BCUT2D eigenvalue weighted by molar-refractivity contribution is 6.31.